The minimum Gasteiger partial charge on any atom is -0.457 e. The Morgan fingerprint density at radius 3 is 2.17 bits per heavy atom. The van der Waals surface area contributed by atoms with Crippen LogP contribution in [-0.2, 0) is 28.6 Å². The van der Waals surface area contributed by atoms with Crippen molar-refractivity contribution in [2.45, 2.75) is 59.2 Å². The molecule has 0 saturated heterocycles. The van der Waals surface area contributed by atoms with E-state index >= 15 is 0 Å². The summed E-state index contributed by atoms with van der Waals surface area (Å²) in [6.07, 6.45) is -0.590. The summed E-state index contributed by atoms with van der Waals surface area (Å²) in [6, 6.07) is 20.7. The van der Waals surface area contributed by atoms with Gasteiger partial charge in [-0.05, 0) is 90.7 Å². The largest absolute Gasteiger partial charge is 0.457 e. The standard InChI is InChI=1S/C30H35N7O4/c1-29(2,3)21-13-17-24(18-14-21)40-23-15-11-20(12-16-23)26(27-33-35-36-37(27)7)34-39-19-22-9-8-10-25(31-22)32-28(38)41-30(4,5)6/h8-18H,19H2,1-7H3,(H,31,32,38)/b34-26-. The smallest absolute Gasteiger partial charge is 0.413 e. The predicted octanol–water partition coefficient (Wildman–Crippen LogP) is 6.01. The van der Waals surface area contributed by atoms with Crippen LogP contribution in [0.1, 0.15) is 64.2 Å². The van der Waals surface area contributed by atoms with E-state index in [4.69, 9.17) is 14.3 Å². The molecule has 214 valence electrons. The third-order valence-corrected chi connectivity index (χ3v) is 5.72. The van der Waals surface area contributed by atoms with Crippen LogP contribution < -0.4 is 10.1 Å². The number of oxime groups is 1. The fourth-order valence-electron chi connectivity index (χ4n) is 3.69. The predicted molar refractivity (Wildman–Crippen MR) is 155 cm³/mol. The summed E-state index contributed by atoms with van der Waals surface area (Å²) in [6.45, 7) is 11.9. The molecule has 2 heterocycles. The highest BCUT2D eigenvalue weighted by Gasteiger charge is 2.18. The zero-order chi connectivity index (χ0) is 29.6. The molecule has 11 nitrogen and oxygen atoms in total. The number of carbonyl (C=O) groups excluding carboxylic acids is 1. The Morgan fingerprint density at radius 2 is 1.59 bits per heavy atom. The fraction of sp³-hybridized carbons (Fsp3) is 0.333. The number of anilines is 1. The molecule has 4 rings (SSSR count). The highest BCUT2D eigenvalue weighted by Crippen LogP contribution is 2.27. The molecule has 4 aromatic rings. The normalized spacial score (nSPS) is 12.1. The first kappa shape index (κ1) is 29.2. The van der Waals surface area contributed by atoms with Gasteiger partial charge in [0.25, 0.3) is 0 Å². The van der Waals surface area contributed by atoms with E-state index in [1.807, 2.05) is 36.4 Å². The minimum absolute atomic E-state index is 0.0460. The number of aromatic nitrogens is 5. The highest BCUT2D eigenvalue weighted by molar-refractivity contribution is 6.10. The number of rotatable bonds is 8. The van der Waals surface area contributed by atoms with Gasteiger partial charge in [-0.1, -0.05) is 44.1 Å². The van der Waals surface area contributed by atoms with Gasteiger partial charge in [-0.15, -0.1) is 5.10 Å². The molecule has 2 aromatic carbocycles. The van der Waals surface area contributed by atoms with Crippen LogP contribution in [0.2, 0.25) is 0 Å². The van der Waals surface area contributed by atoms with Gasteiger partial charge in [0.15, 0.2) is 12.3 Å². The zero-order valence-electron chi connectivity index (χ0n) is 24.4. The van der Waals surface area contributed by atoms with Crippen LogP contribution in [-0.4, -0.2) is 42.6 Å². The Bertz CT molecular complexity index is 1500. The van der Waals surface area contributed by atoms with Gasteiger partial charge in [0.1, 0.15) is 22.9 Å². The van der Waals surface area contributed by atoms with Crippen molar-refractivity contribution in [3.63, 3.8) is 0 Å². The molecule has 2 aromatic heterocycles. The zero-order valence-corrected chi connectivity index (χ0v) is 24.4. The quantitative estimate of drug-likeness (QED) is 0.206. The molecular weight excluding hydrogens is 522 g/mol. The van der Waals surface area contributed by atoms with Crippen molar-refractivity contribution in [2.75, 3.05) is 5.32 Å². The summed E-state index contributed by atoms with van der Waals surface area (Å²) in [4.78, 5) is 22.1. The van der Waals surface area contributed by atoms with E-state index in [9.17, 15) is 4.79 Å². The van der Waals surface area contributed by atoms with Crippen LogP contribution in [0.5, 0.6) is 11.5 Å². The van der Waals surface area contributed by atoms with Crippen LogP contribution in [0.4, 0.5) is 10.6 Å². The van der Waals surface area contributed by atoms with Crippen LogP contribution in [0.25, 0.3) is 0 Å². The molecule has 11 heteroatoms. The molecular formula is C30H35N7O4. The molecule has 0 spiro atoms. The van der Waals surface area contributed by atoms with Gasteiger partial charge < -0.3 is 14.3 Å². The number of nitrogens with one attached hydrogen (secondary N) is 1. The molecule has 0 fully saturated rings. The molecule has 0 atom stereocenters. The summed E-state index contributed by atoms with van der Waals surface area (Å²) in [5.41, 5.74) is 2.40. The van der Waals surface area contributed by atoms with E-state index in [-0.39, 0.29) is 12.0 Å². The Morgan fingerprint density at radius 1 is 0.927 bits per heavy atom. The van der Waals surface area contributed by atoms with Gasteiger partial charge in [0.2, 0.25) is 5.82 Å². The minimum atomic E-state index is -0.618. The van der Waals surface area contributed by atoms with Gasteiger partial charge in [0.05, 0.1) is 5.69 Å². The average Bonchev–Trinajstić information content (AvgIpc) is 3.31. The number of hydrogen-bond acceptors (Lipinski definition) is 9. The molecule has 0 radical (unpaired) electrons. The number of carbonyl (C=O) groups is 1. The summed E-state index contributed by atoms with van der Waals surface area (Å²) < 4.78 is 12.8. The van der Waals surface area contributed by atoms with Crippen molar-refractivity contribution in [2.24, 2.45) is 12.2 Å². The molecule has 0 saturated carbocycles. The Balaban J connectivity index is 1.47. The topological polar surface area (TPSA) is 126 Å². The fourth-order valence-corrected chi connectivity index (χ4v) is 3.69. The van der Waals surface area contributed by atoms with Crippen LogP contribution in [0, 0.1) is 0 Å². The van der Waals surface area contributed by atoms with E-state index in [1.165, 1.54) is 10.2 Å². The monoisotopic (exact) mass is 557 g/mol. The number of benzene rings is 2. The first-order valence-electron chi connectivity index (χ1n) is 13.1. The lowest BCUT2D eigenvalue weighted by Gasteiger charge is -2.19. The van der Waals surface area contributed by atoms with E-state index in [0.29, 0.717) is 28.8 Å². The SMILES string of the molecule is Cn1nnnc1/C(=N\OCc1cccc(NC(=O)OC(C)(C)C)n1)c1ccc(Oc2ccc(C(C)(C)C)cc2)cc1. The van der Waals surface area contributed by atoms with Crippen molar-refractivity contribution in [1.29, 1.82) is 0 Å². The highest BCUT2D eigenvalue weighted by atomic mass is 16.6. The number of aryl methyl sites for hydroxylation is 1. The second kappa shape index (κ2) is 12.2. The van der Waals surface area contributed by atoms with E-state index in [0.717, 1.165) is 11.3 Å². The van der Waals surface area contributed by atoms with Gasteiger partial charge in [-0.2, -0.15) is 0 Å². The number of pyridine rings is 1. The third-order valence-electron chi connectivity index (χ3n) is 5.72. The van der Waals surface area contributed by atoms with Crippen molar-refractivity contribution in [1.82, 2.24) is 25.2 Å². The van der Waals surface area contributed by atoms with Crippen LogP contribution in [0.3, 0.4) is 0 Å². The molecule has 41 heavy (non-hydrogen) atoms. The number of hydrogen-bond donors (Lipinski definition) is 1. The van der Waals surface area contributed by atoms with Gasteiger partial charge in [-0.25, -0.2) is 14.5 Å². The first-order valence-corrected chi connectivity index (χ1v) is 13.1. The Labute approximate surface area is 239 Å². The van der Waals surface area contributed by atoms with Crippen molar-refractivity contribution in [3.05, 3.63) is 89.4 Å². The maximum absolute atomic E-state index is 12.1. The lowest BCUT2D eigenvalue weighted by Crippen LogP contribution is -2.27. The number of ether oxygens (including phenoxy) is 2. The van der Waals surface area contributed by atoms with Gasteiger partial charge >= 0.3 is 6.09 Å². The second-order valence-electron chi connectivity index (χ2n) is 11.4. The number of amides is 1. The van der Waals surface area contributed by atoms with Crippen molar-refractivity contribution in [3.8, 4) is 11.5 Å². The molecule has 1 N–H and O–H groups in total. The summed E-state index contributed by atoms with van der Waals surface area (Å²) in [5.74, 6) is 2.18. The first-order chi connectivity index (χ1) is 19.4. The molecule has 0 bridgehead atoms. The number of nitrogens with zero attached hydrogens (tertiary/aromatic N) is 6. The summed E-state index contributed by atoms with van der Waals surface area (Å²) in [7, 11) is 1.72. The maximum atomic E-state index is 12.1. The third kappa shape index (κ3) is 8.34. The molecule has 0 aliphatic heterocycles. The summed E-state index contributed by atoms with van der Waals surface area (Å²) in [5, 5.41) is 18.7. The van der Waals surface area contributed by atoms with E-state index in [1.54, 1.807) is 46.0 Å². The van der Waals surface area contributed by atoms with Crippen LogP contribution in [0.15, 0.2) is 71.9 Å². The maximum Gasteiger partial charge on any atom is 0.413 e. The van der Waals surface area contributed by atoms with Crippen molar-refractivity contribution >= 4 is 17.6 Å². The second-order valence-corrected chi connectivity index (χ2v) is 11.4. The summed E-state index contributed by atoms with van der Waals surface area (Å²) >= 11 is 0. The van der Waals surface area contributed by atoms with E-state index < -0.39 is 11.7 Å². The lowest BCUT2D eigenvalue weighted by molar-refractivity contribution is 0.0635. The molecule has 1 amide bonds. The molecule has 0 aliphatic carbocycles. The average molecular weight is 558 g/mol. The van der Waals surface area contributed by atoms with Crippen molar-refractivity contribution < 1.29 is 19.1 Å². The van der Waals surface area contributed by atoms with Crippen LogP contribution >= 0.6 is 0 Å². The van der Waals surface area contributed by atoms with E-state index in [2.05, 4.69) is 63.9 Å². The molecule has 0 aliphatic rings. The van der Waals surface area contributed by atoms with Gasteiger partial charge in [0, 0.05) is 12.6 Å². The number of tetrazole rings is 1. The Hall–Kier alpha value is -4.80. The Kier molecular flexibility index (Phi) is 8.65. The molecule has 0 unspecified atom stereocenters. The van der Waals surface area contributed by atoms with Gasteiger partial charge in [-0.3, -0.25) is 5.32 Å². The lowest BCUT2D eigenvalue weighted by atomic mass is 9.87.